The van der Waals surface area contributed by atoms with Crippen LogP contribution in [0.5, 0.6) is 0 Å². The minimum atomic E-state index is -3.77. The van der Waals surface area contributed by atoms with Crippen LogP contribution in [-0.2, 0) is 20.9 Å². The Kier molecular flexibility index (Phi) is 5.80. The summed E-state index contributed by atoms with van der Waals surface area (Å²) in [6, 6.07) is 2.31. The zero-order valence-electron chi connectivity index (χ0n) is 22.0. The number of rotatable bonds is 9. The Hall–Kier alpha value is -4.88. The van der Waals surface area contributed by atoms with Crippen LogP contribution in [0.15, 0.2) is 35.3 Å². The maximum atomic E-state index is 13.1. The molecular weight excluding hydrogens is 462 g/mol. The molecule has 1 atom stereocenters. The fourth-order valence-electron chi connectivity index (χ4n) is 2.93. The molecule has 14 nitrogen and oxygen atoms in total. The van der Waals surface area contributed by atoms with Gasteiger partial charge in [-0.2, -0.15) is 4.98 Å². The number of nitrogens with zero attached hydrogens (tertiary/aromatic N) is 4. The fourth-order valence-corrected chi connectivity index (χ4v) is 2.93. The summed E-state index contributed by atoms with van der Waals surface area (Å²) in [7, 11) is 0. The number of carboxylic acids is 2. The molecule has 0 spiro atoms. The summed E-state index contributed by atoms with van der Waals surface area (Å²) in [6.07, 6.45) is -6.12. The maximum absolute atomic E-state index is 13.1. The standard InChI is InChI=1S/C21H21N7O7/c1-10(29)28(14(20(34)35)6-7-15(30)31)19(33)11-2-4-12(5-3-11)23-8-13-9-24-17-16(25-13)18(32)27-21(22)26-17/h2-5,9,14,23H,6-8H2,1H3,(H,30,31)(H,34,35)(H3,22,24,26,27,32)/t14-/m0/s1/i6D2,7D2. The summed E-state index contributed by atoms with van der Waals surface area (Å²) in [4.78, 5) is 74.8. The molecule has 0 unspecified atom stereocenters. The van der Waals surface area contributed by atoms with Crippen molar-refractivity contribution in [1.29, 1.82) is 0 Å². The molecule has 2 amide bonds. The number of aliphatic carboxylic acids is 2. The Morgan fingerprint density at radius 1 is 1.20 bits per heavy atom. The molecule has 0 saturated carbocycles. The minimum absolute atomic E-state index is 0.0332. The highest BCUT2D eigenvalue weighted by Crippen LogP contribution is 2.17. The third kappa shape index (κ3) is 5.93. The maximum Gasteiger partial charge on any atom is 0.326 e. The number of nitrogens with one attached hydrogen (secondary N) is 2. The lowest BCUT2D eigenvalue weighted by molar-refractivity contribution is -0.148. The predicted molar refractivity (Wildman–Crippen MR) is 121 cm³/mol. The van der Waals surface area contributed by atoms with Crippen LogP contribution >= 0.6 is 0 Å². The average Bonchev–Trinajstić information content (AvgIpc) is 2.85. The van der Waals surface area contributed by atoms with Gasteiger partial charge in [0.25, 0.3) is 11.5 Å². The van der Waals surface area contributed by atoms with Crippen LogP contribution in [0.2, 0.25) is 0 Å². The van der Waals surface area contributed by atoms with E-state index in [9.17, 15) is 29.1 Å². The summed E-state index contributed by atoms with van der Waals surface area (Å²) in [5, 5.41) is 21.6. The molecule has 0 saturated heterocycles. The van der Waals surface area contributed by atoms with Crippen molar-refractivity contribution in [2.75, 3.05) is 11.1 Å². The highest BCUT2D eigenvalue weighted by Gasteiger charge is 2.33. The van der Waals surface area contributed by atoms with Crippen molar-refractivity contribution in [2.24, 2.45) is 0 Å². The van der Waals surface area contributed by atoms with Crippen LogP contribution < -0.4 is 16.6 Å². The third-order valence-corrected chi connectivity index (χ3v) is 4.46. The normalized spacial score (nSPS) is 14.1. The van der Waals surface area contributed by atoms with Gasteiger partial charge >= 0.3 is 11.9 Å². The summed E-state index contributed by atoms with van der Waals surface area (Å²) in [6.45, 7) is 0.834. The summed E-state index contributed by atoms with van der Waals surface area (Å²) >= 11 is 0. The molecule has 14 heteroatoms. The number of fused-ring (bicyclic) bond motifs is 1. The fraction of sp³-hybridized carbons (Fsp3) is 0.238. The van der Waals surface area contributed by atoms with Crippen LogP contribution in [0.1, 0.15) is 41.2 Å². The van der Waals surface area contributed by atoms with Crippen LogP contribution in [-0.4, -0.2) is 64.8 Å². The number of carbonyl (C=O) groups excluding carboxylic acids is 2. The van der Waals surface area contributed by atoms with Crippen molar-refractivity contribution >= 4 is 46.6 Å². The van der Waals surface area contributed by atoms with Gasteiger partial charge in [-0.15, -0.1) is 0 Å². The molecule has 6 N–H and O–H groups in total. The number of carboxylic acid groups (broad SMARTS) is 2. The van der Waals surface area contributed by atoms with E-state index in [-0.39, 0.29) is 34.1 Å². The number of aromatic amines is 1. The van der Waals surface area contributed by atoms with Crippen LogP contribution in [0.3, 0.4) is 0 Å². The van der Waals surface area contributed by atoms with E-state index >= 15 is 0 Å². The second kappa shape index (κ2) is 10.4. The van der Waals surface area contributed by atoms with Crippen molar-refractivity contribution in [3.63, 3.8) is 0 Å². The number of carbonyl (C=O) groups is 4. The molecule has 182 valence electrons. The summed E-state index contributed by atoms with van der Waals surface area (Å²) in [5.74, 6) is -7.10. The van der Waals surface area contributed by atoms with Gasteiger partial charge in [0, 0.05) is 30.0 Å². The number of imide groups is 1. The highest BCUT2D eigenvalue weighted by molar-refractivity contribution is 6.06. The van der Waals surface area contributed by atoms with E-state index in [1.165, 1.54) is 30.5 Å². The first-order chi connectivity index (χ1) is 18.1. The van der Waals surface area contributed by atoms with Crippen molar-refractivity contribution in [3.8, 4) is 0 Å². The lowest BCUT2D eigenvalue weighted by Crippen LogP contribution is -2.48. The van der Waals surface area contributed by atoms with E-state index < -0.39 is 48.1 Å². The van der Waals surface area contributed by atoms with Gasteiger partial charge in [-0.1, -0.05) is 0 Å². The van der Waals surface area contributed by atoms with Gasteiger partial charge in [-0.25, -0.2) is 14.8 Å². The van der Waals surface area contributed by atoms with Gasteiger partial charge in [0.05, 0.1) is 18.4 Å². The average molecular weight is 487 g/mol. The summed E-state index contributed by atoms with van der Waals surface area (Å²) in [5.41, 5.74) is 5.41. The molecule has 3 rings (SSSR count). The second-order valence-electron chi connectivity index (χ2n) is 6.93. The smallest absolute Gasteiger partial charge is 0.326 e. The number of anilines is 2. The van der Waals surface area contributed by atoms with Gasteiger partial charge in [0.1, 0.15) is 6.04 Å². The van der Waals surface area contributed by atoms with Crippen molar-refractivity contribution < 1.29 is 34.9 Å². The van der Waals surface area contributed by atoms with E-state index in [0.29, 0.717) is 11.4 Å². The molecule has 0 aliphatic carbocycles. The van der Waals surface area contributed by atoms with Gasteiger partial charge in [0.15, 0.2) is 11.2 Å². The number of H-pyrrole nitrogens is 1. The van der Waals surface area contributed by atoms with Gasteiger partial charge in [0.2, 0.25) is 11.9 Å². The molecule has 2 aromatic heterocycles. The Morgan fingerprint density at radius 3 is 2.49 bits per heavy atom. The molecule has 0 aliphatic heterocycles. The first-order valence-corrected chi connectivity index (χ1v) is 9.73. The number of aromatic nitrogens is 4. The van der Waals surface area contributed by atoms with Crippen LogP contribution in [0.4, 0.5) is 11.6 Å². The van der Waals surface area contributed by atoms with Gasteiger partial charge < -0.3 is 21.3 Å². The van der Waals surface area contributed by atoms with E-state index in [4.69, 9.17) is 16.3 Å². The van der Waals surface area contributed by atoms with Crippen molar-refractivity contribution in [2.45, 2.75) is 32.3 Å². The second-order valence-corrected chi connectivity index (χ2v) is 6.93. The van der Waals surface area contributed by atoms with Crippen molar-refractivity contribution in [1.82, 2.24) is 24.8 Å². The number of nitrogens with two attached hydrogens (primary N) is 1. The molecule has 0 fully saturated rings. The quantitative estimate of drug-likeness (QED) is 0.273. The number of amides is 2. The van der Waals surface area contributed by atoms with E-state index in [0.717, 1.165) is 6.92 Å². The zero-order valence-corrected chi connectivity index (χ0v) is 18.0. The SMILES string of the molecule is [2H]C([2H])(C(=O)O)C([2H])([2H])[C@@H](C(=O)O)N(C(C)=O)C(=O)c1ccc(NCc2cnc3nc(N)[nH]c(=O)c3n2)cc1. The zero-order chi connectivity index (χ0) is 29.3. The summed E-state index contributed by atoms with van der Waals surface area (Å²) < 4.78 is 30.9. The first kappa shape index (κ1) is 19.6. The lowest BCUT2D eigenvalue weighted by Gasteiger charge is -2.26. The molecule has 2 heterocycles. The van der Waals surface area contributed by atoms with Crippen LogP contribution in [0.25, 0.3) is 11.2 Å². The number of hydrogen-bond acceptors (Lipinski definition) is 10. The topological polar surface area (TPSA) is 222 Å². The highest BCUT2D eigenvalue weighted by atomic mass is 16.4. The number of nitrogen functional groups attached to an aromatic ring is 1. The molecule has 3 aromatic rings. The lowest BCUT2D eigenvalue weighted by atomic mass is 10.1. The molecule has 35 heavy (non-hydrogen) atoms. The van der Waals surface area contributed by atoms with Crippen LogP contribution in [0, 0.1) is 0 Å². The predicted octanol–water partition coefficient (Wildman–Crippen LogP) is 0.214. The monoisotopic (exact) mass is 487 g/mol. The Labute approximate surface area is 202 Å². The van der Waals surface area contributed by atoms with E-state index in [1.807, 2.05) is 0 Å². The number of hydrogen-bond donors (Lipinski definition) is 5. The Bertz CT molecular complexity index is 1530. The van der Waals surface area contributed by atoms with E-state index in [2.05, 4.69) is 25.3 Å². The Morgan fingerprint density at radius 2 is 1.89 bits per heavy atom. The molecule has 1 aromatic carbocycles. The molecule has 0 aliphatic rings. The number of benzene rings is 1. The first-order valence-electron chi connectivity index (χ1n) is 11.7. The third-order valence-electron chi connectivity index (χ3n) is 4.46. The largest absolute Gasteiger partial charge is 0.481 e. The molecule has 0 bridgehead atoms. The Balaban J connectivity index is 1.84. The van der Waals surface area contributed by atoms with E-state index in [1.54, 1.807) is 0 Å². The van der Waals surface area contributed by atoms with Gasteiger partial charge in [-0.3, -0.25) is 29.1 Å². The molecular formula is C21H21N7O7. The minimum Gasteiger partial charge on any atom is -0.481 e. The van der Waals surface area contributed by atoms with Gasteiger partial charge in [-0.05, 0) is 30.6 Å². The molecule has 0 radical (unpaired) electrons. The van der Waals surface area contributed by atoms with Crippen molar-refractivity contribution in [3.05, 3.63) is 52.1 Å².